The molecule has 9 nitrogen and oxygen atoms in total. The fraction of sp³-hybridized carbons (Fsp3) is 0.280. The smallest absolute Gasteiger partial charge is 0.224 e. The van der Waals surface area contributed by atoms with E-state index in [1.807, 2.05) is 30.3 Å². The summed E-state index contributed by atoms with van der Waals surface area (Å²) in [6.45, 7) is 2.08. The van der Waals surface area contributed by atoms with Crippen molar-refractivity contribution in [2.75, 3.05) is 44.5 Å². The lowest BCUT2D eigenvalue weighted by Gasteiger charge is -2.37. The Balaban J connectivity index is 1.58. The monoisotopic (exact) mass is 475 g/mol. The van der Waals surface area contributed by atoms with Crippen LogP contribution in [0.2, 0.25) is 0 Å². The number of nitrogens with two attached hydrogens (primary N) is 1. The first-order valence-electron chi connectivity index (χ1n) is 11.3. The predicted octanol–water partition coefficient (Wildman–Crippen LogP) is 2.85. The summed E-state index contributed by atoms with van der Waals surface area (Å²) in [4.78, 5) is 20.4. The van der Waals surface area contributed by atoms with Crippen LogP contribution in [-0.2, 0) is 6.42 Å². The van der Waals surface area contributed by atoms with Crippen molar-refractivity contribution in [2.45, 2.75) is 12.5 Å². The van der Waals surface area contributed by atoms with Crippen molar-refractivity contribution in [3.05, 3.63) is 60.0 Å². The summed E-state index contributed by atoms with van der Waals surface area (Å²) in [5.41, 5.74) is 9.08. The zero-order chi connectivity index (χ0) is 24.4. The second kappa shape index (κ2) is 9.67. The number of nitrogens with zero attached hydrogens (tertiary/aromatic N) is 5. The summed E-state index contributed by atoms with van der Waals surface area (Å²) in [6.07, 6.45) is 2.16. The Morgan fingerprint density at radius 3 is 2.71 bits per heavy atom. The third-order valence-corrected chi connectivity index (χ3v) is 6.12. The van der Waals surface area contributed by atoms with Gasteiger partial charge in [0.15, 0.2) is 28.5 Å². The Hall–Kier alpha value is -4.05. The Morgan fingerprint density at radius 1 is 1.09 bits per heavy atom. The van der Waals surface area contributed by atoms with Gasteiger partial charge in [0, 0.05) is 31.2 Å². The predicted molar refractivity (Wildman–Crippen MR) is 132 cm³/mol. The summed E-state index contributed by atoms with van der Waals surface area (Å²) in [6, 6.07) is 12.3. The minimum atomic E-state index is -0.222. The molecule has 0 saturated carbocycles. The number of anilines is 2. The number of piperazine rings is 1. The normalized spacial score (nSPS) is 15.9. The van der Waals surface area contributed by atoms with Crippen LogP contribution in [-0.4, -0.2) is 59.8 Å². The highest BCUT2D eigenvalue weighted by Gasteiger charge is 2.27. The van der Waals surface area contributed by atoms with Crippen molar-refractivity contribution in [3.8, 4) is 22.8 Å². The molecule has 0 spiro atoms. The minimum Gasteiger partial charge on any atom is -0.493 e. The number of hydrogen-bond donors (Lipinski definition) is 2. The number of nitrogen functional groups attached to an aromatic ring is 1. The molecular weight excluding hydrogens is 449 g/mol. The van der Waals surface area contributed by atoms with E-state index in [2.05, 4.69) is 25.2 Å². The van der Waals surface area contributed by atoms with E-state index in [1.165, 1.54) is 6.07 Å². The van der Waals surface area contributed by atoms with Crippen molar-refractivity contribution in [1.82, 2.24) is 25.3 Å². The van der Waals surface area contributed by atoms with Crippen LogP contribution >= 0.6 is 0 Å². The van der Waals surface area contributed by atoms with Crippen LogP contribution in [0.1, 0.15) is 5.56 Å². The van der Waals surface area contributed by atoms with Crippen molar-refractivity contribution >= 4 is 22.9 Å². The number of hydrogen-bond acceptors (Lipinski definition) is 9. The fourth-order valence-corrected chi connectivity index (χ4v) is 4.38. The number of fused-ring (bicyclic) bond motifs is 1. The Labute approximate surface area is 202 Å². The third kappa shape index (κ3) is 4.52. The van der Waals surface area contributed by atoms with E-state index >= 15 is 0 Å². The lowest BCUT2D eigenvalue weighted by atomic mass is 10.0. The molecule has 1 aliphatic heterocycles. The average molecular weight is 476 g/mol. The van der Waals surface area contributed by atoms with Crippen molar-refractivity contribution in [1.29, 1.82) is 0 Å². The molecule has 4 aromatic rings. The van der Waals surface area contributed by atoms with Gasteiger partial charge in [-0.1, -0.05) is 18.2 Å². The van der Waals surface area contributed by atoms with Gasteiger partial charge in [-0.3, -0.25) is 0 Å². The largest absolute Gasteiger partial charge is 0.493 e. The zero-order valence-electron chi connectivity index (χ0n) is 19.5. The summed E-state index contributed by atoms with van der Waals surface area (Å²) in [7, 11) is 3.18. The summed E-state index contributed by atoms with van der Waals surface area (Å²) in [5, 5.41) is 3.40. The van der Waals surface area contributed by atoms with Crippen LogP contribution in [0.4, 0.5) is 16.2 Å². The van der Waals surface area contributed by atoms with Gasteiger partial charge in [-0.15, -0.1) is 0 Å². The Morgan fingerprint density at radius 2 is 1.91 bits per heavy atom. The van der Waals surface area contributed by atoms with Crippen LogP contribution < -0.4 is 25.4 Å². The van der Waals surface area contributed by atoms with Gasteiger partial charge >= 0.3 is 0 Å². The SMILES string of the molecule is COc1ccc(-c2cnc3nc(N)nc(N4CCNC[C@@H]4Cc4ccccc4F)c3n2)cc1OC. The summed E-state index contributed by atoms with van der Waals surface area (Å²) >= 11 is 0. The van der Waals surface area contributed by atoms with Gasteiger partial charge in [-0.05, 0) is 36.2 Å². The maximum Gasteiger partial charge on any atom is 0.224 e. The highest BCUT2D eigenvalue weighted by atomic mass is 19.1. The van der Waals surface area contributed by atoms with Gasteiger partial charge in [-0.25, -0.2) is 14.4 Å². The number of aromatic nitrogens is 4. The third-order valence-electron chi connectivity index (χ3n) is 6.12. The molecule has 35 heavy (non-hydrogen) atoms. The molecule has 10 heteroatoms. The van der Waals surface area contributed by atoms with Crippen molar-refractivity contribution in [2.24, 2.45) is 0 Å². The first-order valence-corrected chi connectivity index (χ1v) is 11.3. The molecule has 0 radical (unpaired) electrons. The van der Waals surface area contributed by atoms with Crippen LogP contribution in [0.25, 0.3) is 22.4 Å². The van der Waals surface area contributed by atoms with Gasteiger partial charge < -0.3 is 25.4 Å². The maximum absolute atomic E-state index is 14.4. The molecule has 3 heterocycles. The molecule has 2 aromatic heterocycles. The molecule has 1 saturated heterocycles. The quantitative estimate of drug-likeness (QED) is 0.435. The molecule has 1 atom stereocenters. The molecule has 3 N–H and O–H groups in total. The Kier molecular flexibility index (Phi) is 6.28. The number of nitrogens with one attached hydrogen (secondary N) is 1. The first-order chi connectivity index (χ1) is 17.1. The standard InChI is InChI=1S/C25H26FN7O2/c1-34-20-8-7-16(12-21(20)35-2)19-14-29-23-22(30-19)24(32-25(27)31-23)33-10-9-28-13-17(33)11-15-5-3-4-6-18(15)26/h3-8,12,14,17,28H,9-11,13H2,1-2H3,(H2,27,29,31,32)/t17-/m0/s1. The van der Waals surface area contributed by atoms with E-state index in [9.17, 15) is 4.39 Å². The van der Waals surface area contributed by atoms with Crippen molar-refractivity contribution in [3.63, 3.8) is 0 Å². The van der Waals surface area contributed by atoms with Crippen LogP contribution in [0.3, 0.4) is 0 Å². The zero-order valence-corrected chi connectivity index (χ0v) is 19.5. The minimum absolute atomic E-state index is 0.0512. The number of rotatable bonds is 6. The molecule has 5 rings (SSSR count). The molecule has 0 bridgehead atoms. The number of methoxy groups -OCH3 is 2. The number of ether oxygens (including phenoxy) is 2. The van der Waals surface area contributed by atoms with E-state index in [0.29, 0.717) is 59.2 Å². The fourth-order valence-electron chi connectivity index (χ4n) is 4.38. The van der Waals surface area contributed by atoms with Gasteiger partial charge in [0.1, 0.15) is 5.82 Å². The summed E-state index contributed by atoms with van der Waals surface area (Å²) < 4.78 is 25.2. The molecule has 0 amide bonds. The molecule has 1 aliphatic rings. The summed E-state index contributed by atoms with van der Waals surface area (Å²) in [5.74, 6) is 1.70. The molecule has 0 aliphatic carbocycles. The Bertz CT molecular complexity index is 1370. The van der Waals surface area contributed by atoms with Gasteiger partial charge in [-0.2, -0.15) is 9.97 Å². The molecule has 2 aromatic carbocycles. The lowest BCUT2D eigenvalue weighted by molar-refractivity contribution is 0.355. The number of benzene rings is 2. The maximum atomic E-state index is 14.4. The topological polar surface area (TPSA) is 111 Å². The van der Waals surface area contributed by atoms with E-state index in [-0.39, 0.29) is 17.8 Å². The van der Waals surface area contributed by atoms with E-state index < -0.39 is 0 Å². The molecule has 180 valence electrons. The first kappa shape index (κ1) is 22.7. The van der Waals surface area contributed by atoms with Gasteiger partial charge in [0.2, 0.25) is 5.95 Å². The van der Waals surface area contributed by atoms with Crippen molar-refractivity contribution < 1.29 is 13.9 Å². The van der Waals surface area contributed by atoms with Gasteiger partial charge in [0.25, 0.3) is 0 Å². The molecule has 0 unspecified atom stereocenters. The molecular formula is C25H26FN7O2. The van der Waals surface area contributed by atoms with E-state index in [1.54, 1.807) is 26.5 Å². The molecule has 1 fully saturated rings. The number of halogens is 1. The second-order valence-electron chi connectivity index (χ2n) is 8.25. The lowest BCUT2D eigenvalue weighted by Crippen LogP contribution is -2.53. The van der Waals surface area contributed by atoms with E-state index in [4.69, 9.17) is 20.2 Å². The second-order valence-corrected chi connectivity index (χ2v) is 8.25. The van der Waals surface area contributed by atoms with Gasteiger partial charge in [0.05, 0.1) is 26.1 Å². The van der Waals surface area contributed by atoms with Crippen LogP contribution in [0, 0.1) is 5.82 Å². The van der Waals surface area contributed by atoms with Crippen LogP contribution in [0.15, 0.2) is 48.7 Å². The average Bonchev–Trinajstić information content (AvgIpc) is 2.89. The highest BCUT2D eigenvalue weighted by Crippen LogP contribution is 2.33. The van der Waals surface area contributed by atoms with Crippen LogP contribution in [0.5, 0.6) is 11.5 Å². The van der Waals surface area contributed by atoms with E-state index in [0.717, 1.165) is 12.1 Å². The highest BCUT2D eigenvalue weighted by molar-refractivity contribution is 5.86.